The summed E-state index contributed by atoms with van der Waals surface area (Å²) in [6, 6.07) is 5.32. The molecule has 1 heterocycles. The Bertz CT molecular complexity index is 434. The van der Waals surface area contributed by atoms with Crippen LogP contribution in [0.25, 0.3) is 0 Å². The maximum atomic E-state index is 11.6. The van der Waals surface area contributed by atoms with E-state index in [1.807, 2.05) is 13.0 Å². The van der Waals surface area contributed by atoms with Gasteiger partial charge in [-0.3, -0.25) is 4.79 Å². The smallest absolute Gasteiger partial charge is 0.409 e. The zero-order valence-electron chi connectivity index (χ0n) is 10.8. The van der Waals surface area contributed by atoms with E-state index in [9.17, 15) is 9.59 Å². The number of likely N-dealkylation sites (N-methyl/N-ethyl adjacent to an activating group) is 1. The number of ether oxygens (including phenoxy) is 1. The van der Waals surface area contributed by atoms with E-state index in [1.165, 1.54) is 11.9 Å². The highest BCUT2D eigenvalue weighted by Crippen LogP contribution is 2.03. The van der Waals surface area contributed by atoms with E-state index in [0.717, 1.165) is 5.69 Å². The summed E-state index contributed by atoms with van der Waals surface area (Å²) >= 11 is 0. The minimum atomic E-state index is -0.523. The number of nitrogens with one attached hydrogen (secondary N) is 1. The van der Waals surface area contributed by atoms with Crippen molar-refractivity contribution in [2.75, 3.05) is 25.5 Å². The minimum Gasteiger partial charge on any atom is -0.450 e. The fourth-order valence-electron chi connectivity index (χ4n) is 1.31. The van der Waals surface area contributed by atoms with Crippen molar-refractivity contribution in [2.24, 2.45) is 0 Å². The van der Waals surface area contributed by atoms with E-state index in [4.69, 9.17) is 4.74 Å². The third-order valence-electron chi connectivity index (χ3n) is 2.12. The highest BCUT2D eigenvalue weighted by Gasteiger charge is 2.13. The standard InChI is InChI=1S/C12H17N3O3/c1-4-18-12(17)15(3)8-11(16)14-10-7-5-6-9(2)13-10/h5-7H,4,8H2,1-3H3,(H,13,14,16). The van der Waals surface area contributed by atoms with Gasteiger partial charge in [0.25, 0.3) is 0 Å². The molecule has 0 spiro atoms. The van der Waals surface area contributed by atoms with Gasteiger partial charge in [-0.2, -0.15) is 0 Å². The number of hydrogen-bond acceptors (Lipinski definition) is 4. The van der Waals surface area contributed by atoms with E-state index in [2.05, 4.69) is 10.3 Å². The second kappa shape index (κ2) is 6.58. The van der Waals surface area contributed by atoms with Gasteiger partial charge in [-0.05, 0) is 26.0 Å². The number of anilines is 1. The third-order valence-corrected chi connectivity index (χ3v) is 2.12. The topological polar surface area (TPSA) is 71.5 Å². The van der Waals surface area contributed by atoms with Crippen LogP contribution in [0.4, 0.5) is 10.6 Å². The van der Waals surface area contributed by atoms with E-state index < -0.39 is 6.09 Å². The van der Waals surface area contributed by atoms with Gasteiger partial charge < -0.3 is 15.0 Å². The van der Waals surface area contributed by atoms with E-state index >= 15 is 0 Å². The molecule has 0 radical (unpaired) electrons. The summed E-state index contributed by atoms with van der Waals surface area (Å²) in [5, 5.41) is 2.61. The molecule has 0 atom stereocenters. The van der Waals surface area contributed by atoms with Gasteiger partial charge in [-0.25, -0.2) is 9.78 Å². The number of pyridine rings is 1. The summed E-state index contributed by atoms with van der Waals surface area (Å²) in [5.41, 5.74) is 0.812. The average molecular weight is 251 g/mol. The first-order chi connectivity index (χ1) is 8.52. The first-order valence-corrected chi connectivity index (χ1v) is 5.64. The SMILES string of the molecule is CCOC(=O)N(C)CC(=O)Nc1cccc(C)n1. The second-order valence-corrected chi connectivity index (χ2v) is 3.77. The van der Waals surface area contributed by atoms with Crippen LogP contribution in [0, 0.1) is 6.92 Å². The van der Waals surface area contributed by atoms with Crippen LogP contribution in [0.15, 0.2) is 18.2 Å². The Kier molecular flexibility index (Phi) is 5.10. The van der Waals surface area contributed by atoms with Crippen LogP contribution >= 0.6 is 0 Å². The third kappa shape index (κ3) is 4.40. The lowest BCUT2D eigenvalue weighted by Gasteiger charge is -2.15. The number of aromatic nitrogens is 1. The van der Waals surface area contributed by atoms with Gasteiger partial charge in [-0.1, -0.05) is 6.07 Å². The Morgan fingerprint density at radius 1 is 1.44 bits per heavy atom. The Hall–Kier alpha value is -2.11. The van der Waals surface area contributed by atoms with Crippen LogP contribution in [0.1, 0.15) is 12.6 Å². The van der Waals surface area contributed by atoms with Crippen molar-refractivity contribution in [1.29, 1.82) is 0 Å². The number of rotatable bonds is 4. The summed E-state index contributed by atoms with van der Waals surface area (Å²) in [4.78, 5) is 28.3. The minimum absolute atomic E-state index is 0.0749. The molecule has 1 rings (SSSR count). The molecule has 1 N–H and O–H groups in total. The molecule has 2 amide bonds. The maximum absolute atomic E-state index is 11.6. The molecule has 18 heavy (non-hydrogen) atoms. The summed E-state index contributed by atoms with van der Waals surface area (Å²) < 4.78 is 4.77. The fourth-order valence-corrected chi connectivity index (χ4v) is 1.31. The normalized spacial score (nSPS) is 9.72. The van der Waals surface area contributed by atoms with Gasteiger partial charge in [0.15, 0.2) is 0 Å². The zero-order chi connectivity index (χ0) is 13.5. The van der Waals surface area contributed by atoms with Crippen molar-refractivity contribution in [2.45, 2.75) is 13.8 Å². The average Bonchev–Trinajstić information content (AvgIpc) is 2.28. The van der Waals surface area contributed by atoms with Crippen molar-refractivity contribution in [3.63, 3.8) is 0 Å². The van der Waals surface area contributed by atoms with Crippen LogP contribution in [-0.2, 0) is 9.53 Å². The summed E-state index contributed by atoms with van der Waals surface area (Å²) in [6.07, 6.45) is -0.523. The van der Waals surface area contributed by atoms with Gasteiger partial charge in [0.1, 0.15) is 12.4 Å². The molecular weight excluding hydrogens is 234 g/mol. The van der Waals surface area contributed by atoms with E-state index in [0.29, 0.717) is 5.82 Å². The number of nitrogens with zero attached hydrogens (tertiary/aromatic N) is 2. The number of amides is 2. The summed E-state index contributed by atoms with van der Waals surface area (Å²) in [5.74, 6) is 0.154. The Morgan fingerprint density at radius 2 is 2.17 bits per heavy atom. The van der Waals surface area contributed by atoms with Crippen LogP contribution in [0.2, 0.25) is 0 Å². The lowest BCUT2D eigenvalue weighted by Crippen LogP contribution is -2.35. The fraction of sp³-hybridized carbons (Fsp3) is 0.417. The molecule has 0 unspecified atom stereocenters. The molecule has 0 saturated heterocycles. The van der Waals surface area contributed by atoms with Crippen molar-refractivity contribution in [3.8, 4) is 0 Å². The quantitative estimate of drug-likeness (QED) is 0.878. The molecule has 98 valence electrons. The van der Waals surface area contributed by atoms with Gasteiger partial charge in [-0.15, -0.1) is 0 Å². The molecular formula is C12H17N3O3. The highest BCUT2D eigenvalue weighted by molar-refractivity contribution is 5.92. The van der Waals surface area contributed by atoms with Crippen molar-refractivity contribution < 1.29 is 14.3 Å². The Balaban J connectivity index is 2.49. The molecule has 0 aliphatic heterocycles. The first kappa shape index (κ1) is 14.0. The Morgan fingerprint density at radius 3 is 2.78 bits per heavy atom. The number of aryl methyl sites for hydroxylation is 1. The van der Waals surface area contributed by atoms with E-state index in [1.54, 1.807) is 19.1 Å². The number of carbonyl (C=O) groups excluding carboxylic acids is 2. The highest BCUT2D eigenvalue weighted by atomic mass is 16.6. The van der Waals surface area contributed by atoms with Gasteiger partial charge >= 0.3 is 6.09 Å². The monoisotopic (exact) mass is 251 g/mol. The van der Waals surface area contributed by atoms with Crippen molar-refractivity contribution >= 4 is 17.8 Å². The lowest BCUT2D eigenvalue weighted by atomic mass is 10.3. The molecule has 0 aromatic carbocycles. The maximum Gasteiger partial charge on any atom is 0.409 e. The molecule has 0 aliphatic carbocycles. The van der Waals surface area contributed by atoms with Crippen molar-refractivity contribution in [1.82, 2.24) is 9.88 Å². The van der Waals surface area contributed by atoms with Gasteiger partial charge in [0, 0.05) is 12.7 Å². The van der Waals surface area contributed by atoms with Gasteiger partial charge in [0.2, 0.25) is 5.91 Å². The largest absolute Gasteiger partial charge is 0.450 e. The molecule has 0 saturated carbocycles. The number of hydrogen-bond donors (Lipinski definition) is 1. The predicted molar refractivity (Wildman–Crippen MR) is 67.3 cm³/mol. The molecule has 1 aromatic rings. The zero-order valence-corrected chi connectivity index (χ0v) is 10.8. The number of carbonyl (C=O) groups is 2. The molecule has 6 nitrogen and oxygen atoms in total. The molecule has 0 bridgehead atoms. The van der Waals surface area contributed by atoms with Crippen LogP contribution in [0.5, 0.6) is 0 Å². The van der Waals surface area contributed by atoms with Crippen molar-refractivity contribution in [3.05, 3.63) is 23.9 Å². The van der Waals surface area contributed by atoms with Gasteiger partial charge in [0.05, 0.1) is 6.61 Å². The molecule has 0 fully saturated rings. The molecule has 1 aromatic heterocycles. The first-order valence-electron chi connectivity index (χ1n) is 5.64. The van der Waals surface area contributed by atoms with E-state index in [-0.39, 0.29) is 19.1 Å². The molecule has 0 aliphatic rings. The second-order valence-electron chi connectivity index (χ2n) is 3.77. The van der Waals surface area contributed by atoms with Crippen LogP contribution < -0.4 is 5.32 Å². The summed E-state index contributed by atoms with van der Waals surface area (Å²) in [6.45, 7) is 3.75. The predicted octanol–water partition coefficient (Wildman–Crippen LogP) is 1.42. The van der Waals surface area contributed by atoms with Crippen LogP contribution in [-0.4, -0.2) is 42.1 Å². The van der Waals surface area contributed by atoms with Crippen LogP contribution in [0.3, 0.4) is 0 Å². The molecule has 6 heteroatoms. The summed E-state index contributed by atoms with van der Waals surface area (Å²) in [7, 11) is 1.50. The lowest BCUT2D eigenvalue weighted by molar-refractivity contribution is -0.116. The Labute approximate surface area is 106 Å².